The van der Waals surface area contributed by atoms with Gasteiger partial charge in [-0.15, -0.1) is 0 Å². The first-order chi connectivity index (χ1) is 12.9. The summed E-state index contributed by atoms with van der Waals surface area (Å²) >= 11 is 0. The van der Waals surface area contributed by atoms with Crippen LogP contribution in [0.2, 0.25) is 0 Å². The third-order valence-electron chi connectivity index (χ3n) is 3.88. The van der Waals surface area contributed by atoms with E-state index in [9.17, 15) is 14.4 Å². The number of benzene rings is 1. The van der Waals surface area contributed by atoms with Crippen molar-refractivity contribution in [3.63, 3.8) is 0 Å². The number of hydrogen-bond donors (Lipinski definition) is 0. The van der Waals surface area contributed by atoms with Gasteiger partial charge in [-0.2, -0.15) is 0 Å². The lowest BCUT2D eigenvalue weighted by Gasteiger charge is -2.11. The summed E-state index contributed by atoms with van der Waals surface area (Å²) in [5.41, 5.74) is -0.290. The minimum absolute atomic E-state index is 0.236. The van der Waals surface area contributed by atoms with Crippen LogP contribution >= 0.6 is 0 Å². The van der Waals surface area contributed by atoms with Crippen molar-refractivity contribution in [1.29, 1.82) is 0 Å². The third-order valence-corrected chi connectivity index (χ3v) is 3.88. The van der Waals surface area contributed by atoms with Crippen LogP contribution < -0.4 is 20.7 Å². The van der Waals surface area contributed by atoms with Crippen LogP contribution in [0.15, 0.2) is 40.1 Å². The molecule has 2 aromatic rings. The summed E-state index contributed by atoms with van der Waals surface area (Å²) in [4.78, 5) is 36.2. The molecule has 1 aromatic carbocycles. The Hall–Kier alpha value is -3.13. The van der Waals surface area contributed by atoms with Crippen LogP contribution in [0.1, 0.15) is 15.9 Å². The molecule has 0 amide bonds. The topological polar surface area (TPSA) is 88.8 Å². The maximum Gasteiger partial charge on any atom is 0.330 e. The summed E-state index contributed by atoms with van der Waals surface area (Å²) < 4.78 is 18.0. The van der Waals surface area contributed by atoms with Crippen LogP contribution in [0, 0.1) is 0 Å². The highest BCUT2D eigenvalue weighted by Gasteiger charge is 2.10. The van der Waals surface area contributed by atoms with E-state index in [0.717, 1.165) is 4.57 Å². The van der Waals surface area contributed by atoms with Crippen LogP contribution in [-0.4, -0.2) is 42.4 Å². The number of nitrogens with zero attached hydrogens (tertiary/aromatic N) is 2. The number of ketones is 1. The van der Waals surface area contributed by atoms with Crippen LogP contribution in [0.3, 0.4) is 0 Å². The Balaban J connectivity index is 2.24. The maximum absolute atomic E-state index is 12.4. The molecule has 0 saturated heterocycles. The van der Waals surface area contributed by atoms with E-state index < -0.39 is 11.2 Å². The summed E-state index contributed by atoms with van der Waals surface area (Å²) in [6.45, 7) is 0.789. The number of aryl methyl sites for hydroxylation is 1. The summed E-state index contributed by atoms with van der Waals surface area (Å²) in [6.07, 6.45) is 4.06. The lowest BCUT2D eigenvalue weighted by atomic mass is 10.1. The van der Waals surface area contributed by atoms with Gasteiger partial charge in [0.05, 0.1) is 19.3 Å². The van der Waals surface area contributed by atoms with Gasteiger partial charge >= 0.3 is 5.69 Å². The van der Waals surface area contributed by atoms with Gasteiger partial charge in [-0.1, -0.05) is 0 Å². The molecule has 1 heterocycles. The van der Waals surface area contributed by atoms with Crippen molar-refractivity contribution in [3.05, 3.63) is 62.4 Å². The lowest BCUT2D eigenvalue weighted by Crippen LogP contribution is -2.37. The van der Waals surface area contributed by atoms with E-state index in [0.29, 0.717) is 30.3 Å². The molecule has 0 atom stereocenters. The van der Waals surface area contributed by atoms with Crippen molar-refractivity contribution in [3.8, 4) is 11.5 Å². The van der Waals surface area contributed by atoms with E-state index in [4.69, 9.17) is 14.2 Å². The van der Waals surface area contributed by atoms with Crippen LogP contribution in [0.25, 0.3) is 6.08 Å². The Morgan fingerprint density at radius 3 is 2.52 bits per heavy atom. The molecule has 8 nitrogen and oxygen atoms in total. The smallest absolute Gasteiger partial charge is 0.330 e. The third kappa shape index (κ3) is 4.73. The fraction of sp³-hybridized carbons (Fsp3) is 0.316. The first-order valence-corrected chi connectivity index (χ1v) is 8.18. The van der Waals surface area contributed by atoms with E-state index in [1.54, 1.807) is 25.3 Å². The quantitative estimate of drug-likeness (QED) is 0.389. The van der Waals surface area contributed by atoms with Crippen molar-refractivity contribution < 1.29 is 19.0 Å². The van der Waals surface area contributed by atoms with Crippen molar-refractivity contribution in [2.75, 3.05) is 27.4 Å². The molecule has 1 aromatic heterocycles. The Morgan fingerprint density at radius 1 is 1.11 bits per heavy atom. The number of ether oxygens (including phenoxy) is 3. The number of carbonyl (C=O) groups is 1. The van der Waals surface area contributed by atoms with Gasteiger partial charge in [0.25, 0.3) is 5.56 Å². The summed E-state index contributed by atoms with van der Waals surface area (Å²) in [5, 5.41) is 0. The number of methoxy groups -OCH3 is 2. The van der Waals surface area contributed by atoms with Crippen LogP contribution in [-0.2, 0) is 18.8 Å². The molecule has 0 bridgehead atoms. The number of carbonyl (C=O) groups excluding carboxylic acids is 1. The lowest BCUT2D eigenvalue weighted by molar-refractivity contribution is 0.104. The van der Waals surface area contributed by atoms with E-state index in [1.807, 2.05) is 0 Å². The van der Waals surface area contributed by atoms with E-state index in [1.165, 1.54) is 44.1 Å². The average Bonchev–Trinajstić information content (AvgIpc) is 2.68. The Kier molecular flexibility index (Phi) is 6.73. The predicted octanol–water partition coefficient (Wildman–Crippen LogP) is 1.01. The molecular weight excluding hydrogens is 352 g/mol. The SMILES string of the molecule is COCCOc1ccc(C(=O)/C=C/c2cn(C)c(=O)n(C)c2=O)cc1OC. The molecule has 0 aliphatic carbocycles. The zero-order valence-electron chi connectivity index (χ0n) is 15.7. The predicted molar refractivity (Wildman–Crippen MR) is 101 cm³/mol. The summed E-state index contributed by atoms with van der Waals surface area (Å²) in [5.74, 6) is 0.609. The molecule has 27 heavy (non-hydrogen) atoms. The van der Waals surface area contributed by atoms with Crippen LogP contribution in [0.5, 0.6) is 11.5 Å². The Labute approximate surface area is 156 Å². The second-order valence-electron chi connectivity index (χ2n) is 5.75. The van der Waals surface area contributed by atoms with Crippen molar-refractivity contribution >= 4 is 11.9 Å². The van der Waals surface area contributed by atoms with E-state index >= 15 is 0 Å². The first-order valence-electron chi connectivity index (χ1n) is 8.18. The standard InChI is InChI=1S/C19H22N2O6/c1-20-12-14(18(23)21(2)19(20)24)5-7-15(22)13-6-8-16(17(11-13)26-4)27-10-9-25-3/h5-8,11-12H,9-10H2,1-4H3/b7-5+. The highest BCUT2D eigenvalue weighted by atomic mass is 16.5. The fourth-order valence-electron chi connectivity index (χ4n) is 2.39. The van der Waals surface area contributed by atoms with Crippen molar-refractivity contribution in [2.45, 2.75) is 0 Å². The molecule has 0 saturated carbocycles. The Bertz CT molecular complexity index is 971. The number of aromatic nitrogens is 2. The van der Waals surface area contributed by atoms with Crippen molar-refractivity contribution in [2.24, 2.45) is 14.1 Å². The van der Waals surface area contributed by atoms with Gasteiger partial charge in [-0.3, -0.25) is 14.2 Å². The number of allylic oxidation sites excluding steroid dienone is 1. The molecule has 0 N–H and O–H groups in total. The minimum Gasteiger partial charge on any atom is -0.493 e. The molecule has 0 aliphatic rings. The largest absolute Gasteiger partial charge is 0.493 e. The second-order valence-corrected chi connectivity index (χ2v) is 5.75. The Morgan fingerprint density at radius 2 is 1.85 bits per heavy atom. The molecule has 2 rings (SSSR count). The molecule has 8 heteroatoms. The highest BCUT2D eigenvalue weighted by Crippen LogP contribution is 2.28. The van der Waals surface area contributed by atoms with Gasteiger partial charge in [0.1, 0.15) is 6.61 Å². The summed E-state index contributed by atoms with van der Waals surface area (Å²) in [7, 11) is 5.98. The van der Waals surface area contributed by atoms with Gasteiger partial charge in [0.2, 0.25) is 0 Å². The monoisotopic (exact) mass is 374 g/mol. The van der Waals surface area contributed by atoms with Gasteiger partial charge in [0, 0.05) is 33.0 Å². The highest BCUT2D eigenvalue weighted by molar-refractivity contribution is 6.07. The van der Waals surface area contributed by atoms with Gasteiger partial charge in [-0.05, 0) is 30.4 Å². The maximum atomic E-state index is 12.4. The molecular formula is C19H22N2O6. The fourth-order valence-corrected chi connectivity index (χ4v) is 2.39. The second kappa shape index (κ2) is 9.00. The zero-order valence-corrected chi connectivity index (χ0v) is 15.7. The summed E-state index contributed by atoms with van der Waals surface area (Å²) in [6, 6.07) is 4.81. The minimum atomic E-state index is -0.471. The molecule has 0 spiro atoms. The molecule has 0 radical (unpaired) electrons. The van der Waals surface area contributed by atoms with Gasteiger partial charge < -0.3 is 18.8 Å². The zero-order chi connectivity index (χ0) is 20.0. The van der Waals surface area contributed by atoms with Crippen molar-refractivity contribution in [1.82, 2.24) is 9.13 Å². The molecule has 0 aliphatic heterocycles. The number of hydrogen-bond acceptors (Lipinski definition) is 6. The number of rotatable bonds is 8. The van der Waals surface area contributed by atoms with Gasteiger partial charge in [0.15, 0.2) is 17.3 Å². The molecule has 0 unspecified atom stereocenters. The van der Waals surface area contributed by atoms with E-state index in [-0.39, 0.29) is 11.3 Å². The molecule has 144 valence electrons. The van der Waals surface area contributed by atoms with E-state index in [2.05, 4.69) is 0 Å². The normalized spacial score (nSPS) is 11.0. The first kappa shape index (κ1) is 20.2. The van der Waals surface area contributed by atoms with Gasteiger partial charge in [-0.25, -0.2) is 4.79 Å². The van der Waals surface area contributed by atoms with Crippen LogP contribution in [0.4, 0.5) is 0 Å². The molecule has 0 fully saturated rings. The average molecular weight is 374 g/mol.